The second-order valence-corrected chi connectivity index (χ2v) is 4.83. The van der Waals surface area contributed by atoms with E-state index in [2.05, 4.69) is 9.98 Å². The van der Waals surface area contributed by atoms with Gasteiger partial charge in [-0.25, -0.2) is 18.4 Å². The molecule has 0 aliphatic carbocycles. The molecular weight excluding hydrogens is 192 g/mol. The molecule has 13 heavy (non-hydrogen) atoms. The van der Waals surface area contributed by atoms with E-state index in [-0.39, 0.29) is 10.6 Å². The van der Waals surface area contributed by atoms with Gasteiger partial charge in [0.05, 0.1) is 5.36 Å². The molecule has 66 valence electrons. The normalized spacial score (nSPS) is 25.4. The highest BCUT2D eigenvalue weighted by molar-refractivity contribution is 7.92. The summed E-state index contributed by atoms with van der Waals surface area (Å²) in [6, 6.07) is 2.89. The molecule has 0 spiro atoms. The van der Waals surface area contributed by atoms with Crippen molar-refractivity contribution in [2.45, 2.75) is 10.4 Å². The molecule has 1 aromatic rings. The number of hydrogen-bond donors (Lipinski definition) is 1. The summed E-state index contributed by atoms with van der Waals surface area (Å²) in [5, 5.41) is 10.2. The van der Waals surface area contributed by atoms with Crippen LogP contribution in [0.4, 0.5) is 0 Å². The van der Waals surface area contributed by atoms with Gasteiger partial charge in [-0.1, -0.05) is 0 Å². The molecule has 0 radical (unpaired) electrons. The van der Waals surface area contributed by atoms with Crippen molar-refractivity contribution in [3.05, 3.63) is 22.8 Å². The molecule has 5 nitrogen and oxygen atoms in total. The number of phenolic OH excluding ortho intramolecular Hbond substituents is 1. The lowest BCUT2D eigenvalue weighted by atomic mass is 10.3. The van der Waals surface area contributed by atoms with Crippen LogP contribution in [-0.4, -0.2) is 19.0 Å². The lowest BCUT2D eigenvalue weighted by Crippen LogP contribution is -2.30. The third-order valence-electron chi connectivity index (χ3n) is 2.14. The summed E-state index contributed by atoms with van der Waals surface area (Å²) >= 11 is 0. The van der Waals surface area contributed by atoms with Gasteiger partial charge in [-0.05, 0) is 12.1 Å². The number of aromatic hydroxyl groups is 1. The maximum absolute atomic E-state index is 11.5. The first-order valence-electron chi connectivity index (χ1n) is 3.62. The predicted octanol–water partition coefficient (Wildman–Crippen LogP) is -1.28. The first kappa shape index (κ1) is 7.02. The monoisotopic (exact) mass is 196 g/mol. The second kappa shape index (κ2) is 1.74. The van der Waals surface area contributed by atoms with Crippen molar-refractivity contribution in [2.24, 2.45) is 9.98 Å². The molecule has 1 aromatic carbocycles. The minimum absolute atomic E-state index is 0.0648. The number of hydrogen-bond acceptors (Lipinski definition) is 5. The molecule has 0 saturated heterocycles. The number of phenols is 1. The molecule has 1 atom stereocenters. The highest BCUT2D eigenvalue weighted by Gasteiger charge is 2.39. The summed E-state index contributed by atoms with van der Waals surface area (Å²) in [4.78, 5) is 7.64. The Morgan fingerprint density at radius 3 is 2.69 bits per heavy atom. The van der Waals surface area contributed by atoms with Crippen molar-refractivity contribution in [3.63, 3.8) is 0 Å². The van der Waals surface area contributed by atoms with Crippen molar-refractivity contribution in [2.75, 3.05) is 0 Å². The van der Waals surface area contributed by atoms with Crippen LogP contribution in [0.15, 0.2) is 27.0 Å². The molecule has 3 rings (SSSR count). The summed E-state index contributed by atoms with van der Waals surface area (Å²) in [6.07, 6.45) is 0. The van der Waals surface area contributed by atoms with Crippen LogP contribution in [0, 0.1) is 0 Å². The Kier molecular flexibility index (Phi) is 0.941. The molecule has 2 heterocycles. The lowest BCUT2D eigenvalue weighted by Gasteiger charge is -2.05. The molecule has 1 unspecified atom stereocenters. The molecule has 0 aromatic heterocycles. The van der Waals surface area contributed by atoms with E-state index in [4.69, 9.17) is 0 Å². The van der Waals surface area contributed by atoms with E-state index in [0.29, 0.717) is 10.7 Å². The zero-order valence-electron chi connectivity index (χ0n) is 6.30. The summed E-state index contributed by atoms with van der Waals surface area (Å²) in [5.41, 5.74) is -1.04. The lowest BCUT2D eigenvalue weighted by molar-refractivity contribution is 0.457. The predicted molar refractivity (Wildman–Crippen MR) is 41.4 cm³/mol. The topological polar surface area (TPSA) is 79.1 Å². The van der Waals surface area contributed by atoms with Crippen LogP contribution >= 0.6 is 0 Å². The second-order valence-electron chi connectivity index (χ2n) is 2.91. The van der Waals surface area contributed by atoms with Crippen LogP contribution in [0.25, 0.3) is 0 Å². The van der Waals surface area contributed by atoms with E-state index in [0.717, 1.165) is 0 Å². The van der Waals surface area contributed by atoms with Gasteiger partial charge in [0.25, 0.3) is 0 Å². The van der Waals surface area contributed by atoms with Gasteiger partial charge in [-0.15, -0.1) is 0 Å². The maximum atomic E-state index is 11.5. The summed E-state index contributed by atoms with van der Waals surface area (Å²) in [6.45, 7) is 0. The standard InChI is InChI=1S/C7H4N2O3S/c10-4-2-1-3-5-6(4)13(11,12)7(8-3)9-5/h1-2,7,10H. The average Bonchev–Trinajstić information content (AvgIpc) is 2.55. The van der Waals surface area contributed by atoms with Crippen LogP contribution in [-0.2, 0) is 9.84 Å². The number of fused-ring (bicyclic) bond motifs is 1. The minimum Gasteiger partial charge on any atom is -0.506 e. The van der Waals surface area contributed by atoms with Crippen LogP contribution in [0.1, 0.15) is 0 Å². The van der Waals surface area contributed by atoms with Gasteiger partial charge in [0.15, 0.2) is 0 Å². The van der Waals surface area contributed by atoms with E-state index < -0.39 is 15.3 Å². The SMILES string of the molecule is O=S1(=O)c2c(O)ccc3c2=NC1N=3. The van der Waals surface area contributed by atoms with Crippen LogP contribution in [0.5, 0.6) is 5.75 Å². The highest BCUT2D eigenvalue weighted by Crippen LogP contribution is 2.28. The van der Waals surface area contributed by atoms with Gasteiger partial charge >= 0.3 is 0 Å². The van der Waals surface area contributed by atoms with Gasteiger partial charge < -0.3 is 5.11 Å². The third kappa shape index (κ3) is 0.614. The van der Waals surface area contributed by atoms with Crippen LogP contribution in [0.3, 0.4) is 0 Å². The molecule has 2 bridgehead atoms. The summed E-state index contributed by atoms with van der Waals surface area (Å²) in [7, 11) is -3.52. The van der Waals surface area contributed by atoms with Gasteiger partial charge in [-0.3, -0.25) is 0 Å². The Morgan fingerprint density at radius 1 is 1.31 bits per heavy atom. The van der Waals surface area contributed by atoms with E-state index in [1.165, 1.54) is 6.07 Å². The van der Waals surface area contributed by atoms with Crippen LogP contribution in [0.2, 0.25) is 0 Å². The van der Waals surface area contributed by atoms with Gasteiger partial charge in [-0.2, -0.15) is 0 Å². The Balaban J connectivity index is 2.69. The Labute approximate surface area is 73.0 Å². The largest absolute Gasteiger partial charge is 0.506 e. The fourth-order valence-corrected chi connectivity index (χ4v) is 3.06. The van der Waals surface area contributed by atoms with E-state index in [9.17, 15) is 13.5 Å². The zero-order valence-corrected chi connectivity index (χ0v) is 7.11. The molecule has 0 saturated carbocycles. The molecule has 0 amide bonds. The van der Waals surface area contributed by atoms with Crippen molar-refractivity contribution < 1.29 is 13.5 Å². The maximum Gasteiger partial charge on any atom is 0.247 e. The third-order valence-corrected chi connectivity index (χ3v) is 3.88. The Morgan fingerprint density at radius 2 is 2.08 bits per heavy atom. The van der Waals surface area contributed by atoms with E-state index in [1.807, 2.05) is 0 Å². The number of rotatable bonds is 0. The average molecular weight is 196 g/mol. The molecule has 1 N–H and O–H groups in total. The summed E-state index contributed by atoms with van der Waals surface area (Å²) < 4.78 is 23.0. The quantitative estimate of drug-likeness (QED) is 0.561. The molecule has 2 aliphatic rings. The van der Waals surface area contributed by atoms with Gasteiger partial charge in [0.2, 0.25) is 15.3 Å². The molecular formula is C7H4N2O3S. The molecule has 2 aliphatic heterocycles. The van der Waals surface area contributed by atoms with Crippen molar-refractivity contribution in [3.8, 4) is 5.75 Å². The fourth-order valence-electron chi connectivity index (χ4n) is 1.56. The van der Waals surface area contributed by atoms with Crippen LogP contribution < -0.4 is 10.7 Å². The van der Waals surface area contributed by atoms with Gasteiger partial charge in [0.1, 0.15) is 16.0 Å². The van der Waals surface area contributed by atoms with E-state index >= 15 is 0 Å². The van der Waals surface area contributed by atoms with Crippen molar-refractivity contribution in [1.29, 1.82) is 0 Å². The van der Waals surface area contributed by atoms with Gasteiger partial charge in [0, 0.05) is 0 Å². The first-order valence-corrected chi connectivity index (χ1v) is 5.17. The minimum atomic E-state index is -3.52. The Bertz CT molecular complexity index is 632. The molecule has 0 fully saturated rings. The Hall–Kier alpha value is -1.43. The van der Waals surface area contributed by atoms with Crippen molar-refractivity contribution >= 4 is 9.84 Å². The van der Waals surface area contributed by atoms with Crippen molar-refractivity contribution in [1.82, 2.24) is 0 Å². The fraction of sp³-hybridized carbons (Fsp3) is 0.143. The molecule has 6 heteroatoms. The van der Waals surface area contributed by atoms with E-state index in [1.54, 1.807) is 6.07 Å². The first-order chi connectivity index (χ1) is 6.10. The smallest absolute Gasteiger partial charge is 0.247 e. The summed E-state index contributed by atoms with van der Waals surface area (Å²) in [5.74, 6) is -0.236. The highest BCUT2D eigenvalue weighted by atomic mass is 32.2. The zero-order chi connectivity index (χ0) is 9.22. The number of nitrogens with zero attached hydrogens (tertiary/aromatic N) is 2. The number of benzene rings is 1. The number of sulfone groups is 1.